The average Bonchev–Trinajstić information content (AvgIpc) is 2.67. The van der Waals surface area contributed by atoms with Crippen LogP contribution in [0.2, 0.25) is 5.02 Å². The number of unbranched alkanes of at least 4 members (excludes halogenated alkanes) is 13. The quantitative estimate of drug-likeness (QED) is 0.284. The van der Waals surface area contributed by atoms with Crippen LogP contribution in [-0.4, -0.2) is 12.5 Å². The molecule has 0 aliphatic rings. The first-order valence-corrected chi connectivity index (χ1v) is 11.3. The molecule has 0 atom stereocenters. The van der Waals surface area contributed by atoms with Crippen molar-refractivity contribution in [1.82, 2.24) is 5.32 Å². The molecule has 0 radical (unpaired) electrons. The SMILES string of the molecule is CCCCCCCCCCCCCCCCNC(=O)c1cccc(Cl)c1F. The second kappa shape index (κ2) is 15.9. The lowest BCUT2D eigenvalue weighted by molar-refractivity contribution is 0.0949. The first-order valence-electron chi connectivity index (χ1n) is 10.9. The predicted molar refractivity (Wildman–Crippen MR) is 114 cm³/mol. The molecule has 0 aromatic heterocycles. The minimum Gasteiger partial charge on any atom is -0.352 e. The highest BCUT2D eigenvalue weighted by molar-refractivity contribution is 6.31. The van der Waals surface area contributed by atoms with Gasteiger partial charge in [0, 0.05) is 6.54 Å². The maximum absolute atomic E-state index is 13.8. The fraction of sp³-hybridized carbons (Fsp3) is 0.696. The van der Waals surface area contributed by atoms with Crippen molar-refractivity contribution in [2.24, 2.45) is 0 Å². The third-order valence-corrected chi connectivity index (χ3v) is 5.30. The summed E-state index contributed by atoms with van der Waals surface area (Å²) in [6, 6.07) is 4.50. The second-order valence-corrected chi connectivity index (χ2v) is 7.86. The topological polar surface area (TPSA) is 29.1 Å². The van der Waals surface area contributed by atoms with E-state index in [1.165, 1.54) is 89.2 Å². The number of amides is 1. The lowest BCUT2D eigenvalue weighted by atomic mass is 10.0. The summed E-state index contributed by atoms with van der Waals surface area (Å²) in [6.07, 6.45) is 18.3. The molecule has 27 heavy (non-hydrogen) atoms. The zero-order valence-electron chi connectivity index (χ0n) is 17.0. The Hall–Kier alpha value is -1.09. The van der Waals surface area contributed by atoms with Crippen molar-refractivity contribution in [3.8, 4) is 0 Å². The third-order valence-electron chi connectivity index (χ3n) is 5.01. The molecule has 1 aromatic carbocycles. The molecule has 1 N–H and O–H groups in total. The van der Waals surface area contributed by atoms with E-state index >= 15 is 0 Å². The number of carbonyl (C=O) groups is 1. The molecular weight excluding hydrogens is 361 g/mol. The number of halogens is 2. The van der Waals surface area contributed by atoms with E-state index in [2.05, 4.69) is 12.2 Å². The summed E-state index contributed by atoms with van der Waals surface area (Å²) in [5.74, 6) is -1.03. The molecule has 2 nitrogen and oxygen atoms in total. The van der Waals surface area contributed by atoms with Gasteiger partial charge in [0.2, 0.25) is 0 Å². The molecule has 1 aromatic rings. The number of rotatable bonds is 16. The fourth-order valence-corrected chi connectivity index (χ4v) is 3.47. The molecule has 0 saturated carbocycles. The standard InChI is InChI=1S/C23H37ClFNO/c1-2-3-4-5-6-7-8-9-10-11-12-13-14-15-19-26-23(27)20-17-16-18-21(24)22(20)25/h16-18H,2-15,19H2,1H3,(H,26,27). The van der Waals surface area contributed by atoms with Gasteiger partial charge < -0.3 is 5.32 Å². The minimum absolute atomic E-state index is 0.0147. The van der Waals surface area contributed by atoms with E-state index in [-0.39, 0.29) is 16.5 Å². The van der Waals surface area contributed by atoms with Crippen LogP contribution < -0.4 is 5.32 Å². The minimum atomic E-state index is -0.641. The number of hydrogen-bond donors (Lipinski definition) is 1. The number of nitrogens with one attached hydrogen (secondary N) is 1. The lowest BCUT2D eigenvalue weighted by Crippen LogP contribution is -2.25. The van der Waals surface area contributed by atoms with E-state index in [9.17, 15) is 9.18 Å². The Morgan fingerprint density at radius 1 is 0.852 bits per heavy atom. The van der Waals surface area contributed by atoms with Crippen molar-refractivity contribution >= 4 is 17.5 Å². The first kappa shape index (κ1) is 23.9. The predicted octanol–water partition coefficient (Wildman–Crippen LogP) is 7.69. The van der Waals surface area contributed by atoms with E-state index < -0.39 is 5.82 Å². The molecule has 0 aliphatic carbocycles. The lowest BCUT2D eigenvalue weighted by Gasteiger charge is -2.07. The summed E-state index contributed by atoms with van der Waals surface area (Å²) >= 11 is 5.70. The summed E-state index contributed by atoms with van der Waals surface area (Å²) in [6.45, 7) is 2.85. The summed E-state index contributed by atoms with van der Waals surface area (Å²) in [5, 5.41) is 2.76. The Balaban J connectivity index is 1.89. The number of carbonyl (C=O) groups excluding carboxylic acids is 1. The molecule has 4 heteroatoms. The molecule has 0 bridgehead atoms. The Morgan fingerprint density at radius 3 is 1.85 bits per heavy atom. The zero-order chi connectivity index (χ0) is 19.7. The van der Waals surface area contributed by atoms with Crippen molar-refractivity contribution in [3.63, 3.8) is 0 Å². The van der Waals surface area contributed by atoms with Crippen LogP contribution in [0.5, 0.6) is 0 Å². The molecule has 0 spiro atoms. The largest absolute Gasteiger partial charge is 0.352 e. The second-order valence-electron chi connectivity index (χ2n) is 7.45. The molecular formula is C23H37ClFNO. The van der Waals surface area contributed by atoms with Crippen molar-refractivity contribution in [2.45, 2.75) is 96.8 Å². The summed E-state index contributed by atoms with van der Waals surface area (Å²) < 4.78 is 13.8. The van der Waals surface area contributed by atoms with Gasteiger partial charge in [0.1, 0.15) is 0 Å². The Labute approximate surface area is 170 Å². The van der Waals surface area contributed by atoms with Gasteiger partial charge in [-0.1, -0.05) is 108 Å². The summed E-state index contributed by atoms with van der Waals surface area (Å²) in [7, 11) is 0. The molecule has 1 rings (SSSR count). The molecule has 154 valence electrons. The van der Waals surface area contributed by atoms with Crippen LogP contribution in [0.4, 0.5) is 4.39 Å². The zero-order valence-corrected chi connectivity index (χ0v) is 17.8. The van der Waals surface area contributed by atoms with Crippen LogP contribution in [0.25, 0.3) is 0 Å². The summed E-state index contributed by atoms with van der Waals surface area (Å²) in [4.78, 5) is 11.9. The molecule has 0 aliphatic heterocycles. The van der Waals surface area contributed by atoms with Crippen LogP contribution in [0, 0.1) is 5.82 Å². The highest BCUT2D eigenvalue weighted by Gasteiger charge is 2.13. The van der Waals surface area contributed by atoms with Crippen molar-refractivity contribution in [3.05, 3.63) is 34.6 Å². The van der Waals surface area contributed by atoms with E-state index in [1.807, 2.05) is 0 Å². The molecule has 0 heterocycles. The van der Waals surface area contributed by atoms with Gasteiger partial charge in [-0.25, -0.2) is 4.39 Å². The maximum atomic E-state index is 13.8. The Morgan fingerprint density at radius 2 is 1.33 bits per heavy atom. The normalized spacial score (nSPS) is 10.9. The fourth-order valence-electron chi connectivity index (χ4n) is 3.30. The molecule has 0 fully saturated rings. The van der Waals surface area contributed by atoms with Crippen molar-refractivity contribution in [1.29, 1.82) is 0 Å². The van der Waals surface area contributed by atoms with E-state index in [0.29, 0.717) is 6.54 Å². The molecule has 0 unspecified atom stereocenters. The summed E-state index contributed by atoms with van der Waals surface area (Å²) in [5.41, 5.74) is 0.0212. The van der Waals surface area contributed by atoms with E-state index in [1.54, 1.807) is 6.07 Å². The number of hydrogen-bond acceptors (Lipinski definition) is 1. The van der Waals surface area contributed by atoms with Crippen LogP contribution in [0.15, 0.2) is 18.2 Å². The van der Waals surface area contributed by atoms with Gasteiger partial charge >= 0.3 is 0 Å². The van der Waals surface area contributed by atoms with Gasteiger partial charge in [-0.3, -0.25) is 4.79 Å². The van der Waals surface area contributed by atoms with Gasteiger partial charge in [-0.05, 0) is 18.6 Å². The van der Waals surface area contributed by atoms with Crippen molar-refractivity contribution in [2.75, 3.05) is 6.54 Å². The van der Waals surface area contributed by atoms with Gasteiger partial charge in [0.25, 0.3) is 5.91 Å². The van der Waals surface area contributed by atoms with Crippen LogP contribution in [0.3, 0.4) is 0 Å². The van der Waals surface area contributed by atoms with Gasteiger partial charge in [-0.2, -0.15) is 0 Å². The Kier molecular flexibility index (Phi) is 14.1. The van der Waals surface area contributed by atoms with Crippen LogP contribution in [0.1, 0.15) is 107 Å². The van der Waals surface area contributed by atoms with Crippen LogP contribution in [-0.2, 0) is 0 Å². The van der Waals surface area contributed by atoms with Gasteiger partial charge in [0.15, 0.2) is 5.82 Å². The molecule has 1 amide bonds. The number of benzene rings is 1. The Bertz CT molecular complexity index is 521. The van der Waals surface area contributed by atoms with E-state index in [0.717, 1.165) is 12.8 Å². The monoisotopic (exact) mass is 397 g/mol. The van der Waals surface area contributed by atoms with Crippen LogP contribution >= 0.6 is 11.6 Å². The highest BCUT2D eigenvalue weighted by Crippen LogP contribution is 2.17. The van der Waals surface area contributed by atoms with Gasteiger partial charge in [0.05, 0.1) is 10.6 Å². The first-order chi connectivity index (χ1) is 13.2. The van der Waals surface area contributed by atoms with Gasteiger partial charge in [-0.15, -0.1) is 0 Å². The van der Waals surface area contributed by atoms with E-state index in [4.69, 9.17) is 11.6 Å². The average molecular weight is 398 g/mol. The molecule has 0 saturated heterocycles. The highest BCUT2D eigenvalue weighted by atomic mass is 35.5. The van der Waals surface area contributed by atoms with Crippen molar-refractivity contribution < 1.29 is 9.18 Å². The smallest absolute Gasteiger partial charge is 0.254 e. The maximum Gasteiger partial charge on any atom is 0.254 e. The third kappa shape index (κ3) is 11.4.